The van der Waals surface area contributed by atoms with Crippen LogP contribution in [0.1, 0.15) is 31.9 Å². The van der Waals surface area contributed by atoms with E-state index in [4.69, 9.17) is 0 Å². The molecule has 3 radical (unpaired) electrons. The van der Waals surface area contributed by atoms with E-state index in [2.05, 4.69) is 77.4 Å². The topological polar surface area (TPSA) is 0 Å². The van der Waals surface area contributed by atoms with Crippen molar-refractivity contribution >= 4 is 36.8 Å². The molecule has 109 valence electrons. The molecule has 0 fully saturated rings. The van der Waals surface area contributed by atoms with Crippen molar-refractivity contribution in [1.29, 1.82) is 0 Å². The molecule has 1 rings (SSSR count). The number of rotatable bonds is 5. The van der Waals surface area contributed by atoms with Crippen molar-refractivity contribution in [3.8, 4) is 0 Å². The second kappa shape index (κ2) is 7.05. The third-order valence-corrected chi connectivity index (χ3v) is 9.69. The smallest absolute Gasteiger partial charge is 0.0947 e. The predicted molar refractivity (Wildman–Crippen MR) is 100 cm³/mol. The molecule has 20 heavy (non-hydrogen) atoms. The molecule has 0 nitrogen and oxygen atoms in total. The van der Waals surface area contributed by atoms with E-state index in [9.17, 15) is 0 Å². The molecular formula is C17H29Si3. The lowest BCUT2D eigenvalue weighted by atomic mass is 10.1. The van der Waals surface area contributed by atoms with Gasteiger partial charge < -0.3 is 0 Å². The van der Waals surface area contributed by atoms with Crippen molar-refractivity contribution in [2.24, 2.45) is 0 Å². The van der Waals surface area contributed by atoms with Gasteiger partial charge in [0.25, 0.3) is 0 Å². The zero-order valence-corrected chi connectivity index (χ0v) is 17.4. The highest BCUT2D eigenvalue weighted by atomic mass is 28.3. The molecule has 0 amide bonds. The van der Waals surface area contributed by atoms with E-state index in [1.807, 2.05) is 0 Å². The van der Waals surface area contributed by atoms with Crippen LogP contribution in [0.3, 0.4) is 0 Å². The largest absolute Gasteiger partial charge is 0.111 e. The molecule has 1 atom stereocenters. The predicted octanol–water partition coefficient (Wildman–Crippen LogP) is 3.88. The van der Waals surface area contributed by atoms with Gasteiger partial charge in [0.1, 0.15) is 9.52 Å². The molecule has 0 heterocycles. The number of allylic oxidation sites excluding steroid dienone is 1. The highest BCUT2D eigenvalue weighted by molar-refractivity contribution is 6.78. The first-order valence-corrected chi connectivity index (χ1v) is 14.6. The van der Waals surface area contributed by atoms with Crippen LogP contribution in [0, 0.1) is 0 Å². The first-order valence-electron chi connectivity index (χ1n) is 7.47. The van der Waals surface area contributed by atoms with Gasteiger partial charge in [-0.25, -0.2) is 0 Å². The summed E-state index contributed by atoms with van der Waals surface area (Å²) in [6.45, 7) is 19.1. The average Bonchev–Trinajstić information content (AvgIpc) is 2.33. The van der Waals surface area contributed by atoms with Crippen molar-refractivity contribution in [3.63, 3.8) is 0 Å². The van der Waals surface area contributed by atoms with Crippen LogP contribution >= 0.6 is 0 Å². The Morgan fingerprint density at radius 2 is 1.80 bits per heavy atom. The summed E-state index contributed by atoms with van der Waals surface area (Å²) in [5.41, 5.74) is 6.17. The lowest BCUT2D eigenvalue weighted by molar-refractivity contribution is 1.03. The van der Waals surface area contributed by atoms with E-state index >= 15 is 0 Å². The molecule has 0 spiro atoms. The van der Waals surface area contributed by atoms with Gasteiger partial charge in [0.15, 0.2) is 0 Å². The Labute approximate surface area is 131 Å². The highest BCUT2D eigenvalue weighted by Gasteiger charge is 2.26. The molecule has 0 N–H and O–H groups in total. The summed E-state index contributed by atoms with van der Waals surface area (Å²) in [5.74, 6) is 0. The maximum atomic E-state index is 2.51. The van der Waals surface area contributed by atoms with Gasteiger partial charge in [0, 0.05) is 0 Å². The quantitative estimate of drug-likeness (QED) is 0.723. The SMILES string of the molecule is CC(C)=C[Si]c1ccc([Si](C)C)c(C(C)[Si](C)(C)C)c1. The molecule has 1 unspecified atom stereocenters. The summed E-state index contributed by atoms with van der Waals surface area (Å²) in [5, 5.41) is 3.15. The van der Waals surface area contributed by atoms with Crippen molar-refractivity contribution in [3.05, 3.63) is 35.0 Å². The zero-order chi connectivity index (χ0) is 15.5. The van der Waals surface area contributed by atoms with Crippen molar-refractivity contribution in [2.75, 3.05) is 0 Å². The normalized spacial score (nSPS) is 13.4. The molecule has 0 aromatic heterocycles. The van der Waals surface area contributed by atoms with Crippen molar-refractivity contribution in [2.45, 2.75) is 59.0 Å². The fourth-order valence-electron chi connectivity index (χ4n) is 2.16. The zero-order valence-electron chi connectivity index (χ0n) is 14.4. The molecule has 3 heteroatoms. The first-order chi connectivity index (χ1) is 9.12. The van der Waals surface area contributed by atoms with Crippen LogP contribution in [-0.2, 0) is 0 Å². The lowest BCUT2D eigenvalue weighted by Gasteiger charge is -2.29. The number of benzene rings is 1. The lowest BCUT2D eigenvalue weighted by Crippen LogP contribution is -2.38. The van der Waals surface area contributed by atoms with E-state index < -0.39 is 8.07 Å². The van der Waals surface area contributed by atoms with Gasteiger partial charge in [0.05, 0.1) is 16.9 Å². The van der Waals surface area contributed by atoms with E-state index in [-0.39, 0.29) is 8.80 Å². The maximum absolute atomic E-state index is 2.51. The van der Waals surface area contributed by atoms with Gasteiger partial charge in [-0.05, 0) is 25.0 Å². The Morgan fingerprint density at radius 3 is 2.25 bits per heavy atom. The molecule has 0 aliphatic carbocycles. The monoisotopic (exact) mass is 317 g/mol. The minimum absolute atomic E-state index is 0.383. The molecular weight excluding hydrogens is 288 g/mol. The average molecular weight is 318 g/mol. The molecule has 0 saturated heterocycles. The summed E-state index contributed by atoms with van der Waals surface area (Å²) in [7, 11) is -0.714. The van der Waals surface area contributed by atoms with Crippen LogP contribution < -0.4 is 10.4 Å². The Bertz CT molecular complexity index is 477. The highest BCUT2D eigenvalue weighted by Crippen LogP contribution is 2.25. The molecule has 1 aromatic rings. The summed E-state index contributed by atoms with van der Waals surface area (Å²) < 4.78 is 0. The summed E-state index contributed by atoms with van der Waals surface area (Å²) in [6.07, 6.45) is 0. The van der Waals surface area contributed by atoms with Gasteiger partial charge in [-0.1, -0.05) is 79.5 Å². The van der Waals surface area contributed by atoms with Crippen LogP contribution in [-0.4, -0.2) is 26.4 Å². The van der Waals surface area contributed by atoms with Crippen LogP contribution in [0.25, 0.3) is 0 Å². The number of hydrogen-bond donors (Lipinski definition) is 0. The Morgan fingerprint density at radius 1 is 1.20 bits per heavy atom. The van der Waals surface area contributed by atoms with Crippen LogP contribution in [0.5, 0.6) is 0 Å². The van der Waals surface area contributed by atoms with E-state index in [1.54, 1.807) is 10.8 Å². The second-order valence-electron chi connectivity index (χ2n) is 7.26. The Hall–Kier alpha value is -0.389. The molecule has 0 aliphatic rings. The summed E-state index contributed by atoms with van der Waals surface area (Å²) in [4.78, 5) is 0. The third-order valence-electron chi connectivity index (χ3n) is 3.88. The van der Waals surface area contributed by atoms with Gasteiger partial charge in [0.2, 0.25) is 0 Å². The molecule has 1 aromatic carbocycles. The van der Waals surface area contributed by atoms with Crippen molar-refractivity contribution in [1.82, 2.24) is 0 Å². The Balaban J connectivity index is 3.22. The van der Waals surface area contributed by atoms with Crippen LogP contribution in [0.4, 0.5) is 0 Å². The second-order valence-corrected chi connectivity index (χ2v) is 16.5. The minimum atomic E-state index is -1.14. The minimum Gasteiger partial charge on any atom is -0.0947 e. The molecule has 0 aliphatic heterocycles. The first kappa shape index (κ1) is 17.7. The van der Waals surface area contributed by atoms with E-state index in [0.717, 1.165) is 15.1 Å². The standard InChI is InChI=1S/C17H29Si3/c1-13(2)12-18-15-9-10-17(19(4)5)16(11-15)14(3)20(6,7)8/h9-12,14H,1-8H3. The van der Waals surface area contributed by atoms with E-state index in [1.165, 1.54) is 10.8 Å². The van der Waals surface area contributed by atoms with Gasteiger partial charge in [-0.2, -0.15) is 0 Å². The Kier molecular flexibility index (Phi) is 6.23. The number of hydrogen-bond acceptors (Lipinski definition) is 0. The van der Waals surface area contributed by atoms with Gasteiger partial charge in [-0.3, -0.25) is 0 Å². The summed E-state index contributed by atoms with van der Waals surface area (Å²) >= 11 is 0. The fourth-order valence-corrected chi connectivity index (χ4v) is 5.63. The fraction of sp³-hybridized carbons (Fsp3) is 0.529. The summed E-state index contributed by atoms with van der Waals surface area (Å²) in [6, 6.07) is 7.28. The van der Waals surface area contributed by atoms with Crippen LogP contribution in [0.15, 0.2) is 29.5 Å². The van der Waals surface area contributed by atoms with Crippen LogP contribution in [0.2, 0.25) is 32.7 Å². The van der Waals surface area contributed by atoms with Gasteiger partial charge >= 0.3 is 0 Å². The third kappa shape index (κ3) is 4.86. The maximum Gasteiger partial charge on any atom is 0.111 e. The van der Waals surface area contributed by atoms with Gasteiger partial charge in [-0.15, -0.1) is 0 Å². The van der Waals surface area contributed by atoms with Crippen molar-refractivity contribution < 1.29 is 0 Å². The van der Waals surface area contributed by atoms with E-state index in [0.29, 0.717) is 0 Å². The molecule has 0 saturated carbocycles. The molecule has 0 bridgehead atoms.